The van der Waals surface area contributed by atoms with Crippen LogP contribution in [0.5, 0.6) is 0 Å². The van der Waals surface area contributed by atoms with Gasteiger partial charge < -0.3 is 16.4 Å². The maximum Gasteiger partial charge on any atom is 0.237 e. The minimum absolute atomic E-state index is 0.0451. The molecule has 2 unspecified atom stereocenters. The molecule has 92 valence electrons. The molecular formula is C11H21N3O2. The number of hydrogen-bond donors (Lipinski definition) is 3. The van der Waals surface area contributed by atoms with Crippen LogP contribution in [0.2, 0.25) is 0 Å². The molecule has 1 heterocycles. The number of carbonyl (C=O) groups is 2. The van der Waals surface area contributed by atoms with Crippen molar-refractivity contribution in [3.05, 3.63) is 0 Å². The van der Waals surface area contributed by atoms with Crippen molar-refractivity contribution < 1.29 is 9.59 Å². The number of primary amides is 1. The first kappa shape index (κ1) is 13.0. The Morgan fingerprint density at radius 1 is 1.50 bits per heavy atom. The lowest BCUT2D eigenvalue weighted by molar-refractivity contribution is -0.126. The second-order valence-corrected chi connectivity index (χ2v) is 5.21. The molecule has 1 fully saturated rings. The molecule has 0 saturated carbocycles. The Balaban J connectivity index is 2.52. The fourth-order valence-corrected chi connectivity index (χ4v) is 2.08. The van der Waals surface area contributed by atoms with Gasteiger partial charge in [-0.2, -0.15) is 0 Å². The van der Waals surface area contributed by atoms with Gasteiger partial charge in [-0.15, -0.1) is 0 Å². The molecule has 0 aromatic rings. The van der Waals surface area contributed by atoms with Gasteiger partial charge in [0.2, 0.25) is 11.8 Å². The second kappa shape index (κ2) is 4.82. The summed E-state index contributed by atoms with van der Waals surface area (Å²) in [6.07, 6.45) is 1.16. The second-order valence-electron chi connectivity index (χ2n) is 5.21. The zero-order valence-corrected chi connectivity index (χ0v) is 10.2. The fraction of sp³-hybridized carbons (Fsp3) is 0.818. The highest BCUT2D eigenvalue weighted by molar-refractivity contribution is 5.84. The molecule has 16 heavy (non-hydrogen) atoms. The molecule has 1 rings (SSSR count). The summed E-state index contributed by atoms with van der Waals surface area (Å²) in [5, 5.41) is 6.01. The van der Waals surface area contributed by atoms with Crippen LogP contribution in [0.3, 0.4) is 0 Å². The molecule has 0 aromatic heterocycles. The molecule has 5 heteroatoms. The first-order valence-electron chi connectivity index (χ1n) is 5.65. The molecule has 1 aliphatic rings. The molecule has 0 aliphatic carbocycles. The SMILES string of the molecule is CC1CCNC1C(=O)NC(C)(C)CC(N)=O. The van der Waals surface area contributed by atoms with Gasteiger partial charge in [0.25, 0.3) is 0 Å². The third kappa shape index (κ3) is 3.48. The van der Waals surface area contributed by atoms with E-state index in [0.717, 1.165) is 13.0 Å². The average molecular weight is 227 g/mol. The molecular weight excluding hydrogens is 206 g/mol. The van der Waals surface area contributed by atoms with Gasteiger partial charge in [0.15, 0.2) is 0 Å². The van der Waals surface area contributed by atoms with Crippen molar-refractivity contribution in [1.82, 2.24) is 10.6 Å². The minimum atomic E-state index is -0.576. The van der Waals surface area contributed by atoms with Crippen LogP contribution in [0.1, 0.15) is 33.6 Å². The highest BCUT2D eigenvalue weighted by atomic mass is 16.2. The predicted octanol–water partition coefficient (Wildman–Crippen LogP) is -0.245. The number of rotatable bonds is 4. The van der Waals surface area contributed by atoms with Crippen LogP contribution in [0.4, 0.5) is 0 Å². The first-order valence-corrected chi connectivity index (χ1v) is 5.65. The number of carbonyl (C=O) groups excluding carboxylic acids is 2. The zero-order chi connectivity index (χ0) is 12.3. The fourth-order valence-electron chi connectivity index (χ4n) is 2.08. The lowest BCUT2D eigenvalue weighted by Gasteiger charge is -2.27. The summed E-state index contributed by atoms with van der Waals surface area (Å²) in [6.45, 7) is 6.52. The third-order valence-electron chi connectivity index (χ3n) is 2.89. The number of amides is 2. The van der Waals surface area contributed by atoms with E-state index in [0.29, 0.717) is 5.92 Å². The molecule has 2 atom stereocenters. The molecule has 0 spiro atoms. The standard InChI is InChI=1S/C11H21N3O2/c1-7-4-5-13-9(7)10(16)14-11(2,3)6-8(12)15/h7,9,13H,4-6H2,1-3H3,(H2,12,15)(H,14,16). The lowest BCUT2D eigenvalue weighted by atomic mass is 9.97. The van der Waals surface area contributed by atoms with E-state index in [1.165, 1.54) is 0 Å². The smallest absolute Gasteiger partial charge is 0.237 e. The van der Waals surface area contributed by atoms with E-state index in [9.17, 15) is 9.59 Å². The number of nitrogens with one attached hydrogen (secondary N) is 2. The predicted molar refractivity (Wildman–Crippen MR) is 61.6 cm³/mol. The topological polar surface area (TPSA) is 84.2 Å². The molecule has 1 aliphatic heterocycles. The van der Waals surface area contributed by atoms with Gasteiger partial charge in [0.05, 0.1) is 6.04 Å². The van der Waals surface area contributed by atoms with Crippen LogP contribution in [0, 0.1) is 5.92 Å². The van der Waals surface area contributed by atoms with Crippen molar-refractivity contribution in [1.29, 1.82) is 0 Å². The van der Waals surface area contributed by atoms with Gasteiger partial charge in [-0.1, -0.05) is 6.92 Å². The first-order chi connectivity index (χ1) is 7.32. The molecule has 5 nitrogen and oxygen atoms in total. The lowest BCUT2D eigenvalue weighted by Crippen LogP contribution is -2.53. The van der Waals surface area contributed by atoms with Gasteiger partial charge in [-0.05, 0) is 32.7 Å². The van der Waals surface area contributed by atoms with Gasteiger partial charge >= 0.3 is 0 Å². The molecule has 0 aromatic carbocycles. The maximum absolute atomic E-state index is 11.9. The summed E-state index contributed by atoms with van der Waals surface area (Å²) >= 11 is 0. The van der Waals surface area contributed by atoms with E-state index in [4.69, 9.17) is 5.73 Å². The van der Waals surface area contributed by atoms with E-state index in [-0.39, 0.29) is 18.4 Å². The summed E-state index contributed by atoms with van der Waals surface area (Å²) in [5.74, 6) is -0.113. The van der Waals surface area contributed by atoms with Crippen LogP contribution in [-0.4, -0.2) is 29.9 Å². The van der Waals surface area contributed by atoms with Crippen molar-refractivity contribution in [3.63, 3.8) is 0 Å². The van der Waals surface area contributed by atoms with Crippen LogP contribution in [-0.2, 0) is 9.59 Å². The maximum atomic E-state index is 11.9. The van der Waals surface area contributed by atoms with Crippen LogP contribution in [0.25, 0.3) is 0 Å². The normalized spacial score (nSPS) is 25.4. The Labute approximate surface area is 96.1 Å². The van der Waals surface area contributed by atoms with Crippen molar-refractivity contribution in [2.75, 3.05) is 6.54 Å². The van der Waals surface area contributed by atoms with Crippen molar-refractivity contribution in [2.24, 2.45) is 11.7 Å². The molecule has 2 amide bonds. The van der Waals surface area contributed by atoms with Gasteiger partial charge in [-0.3, -0.25) is 9.59 Å². The summed E-state index contributed by atoms with van der Waals surface area (Å²) < 4.78 is 0. The van der Waals surface area contributed by atoms with Crippen LogP contribution >= 0.6 is 0 Å². The Kier molecular flexibility index (Phi) is 3.91. The number of hydrogen-bond acceptors (Lipinski definition) is 3. The monoisotopic (exact) mass is 227 g/mol. The van der Waals surface area contributed by atoms with E-state index >= 15 is 0 Å². The van der Waals surface area contributed by atoms with Crippen molar-refractivity contribution in [3.8, 4) is 0 Å². The highest BCUT2D eigenvalue weighted by Gasteiger charge is 2.32. The van der Waals surface area contributed by atoms with E-state index < -0.39 is 11.4 Å². The average Bonchev–Trinajstić information content (AvgIpc) is 2.47. The summed E-state index contributed by atoms with van der Waals surface area (Å²) in [6, 6.07) is -0.146. The minimum Gasteiger partial charge on any atom is -0.370 e. The Morgan fingerprint density at radius 2 is 2.12 bits per heavy atom. The zero-order valence-electron chi connectivity index (χ0n) is 10.2. The molecule has 0 bridgehead atoms. The van der Waals surface area contributed by atoms with Crippen LogP contribution < -0.4 is 16.4 Å². The quantitative estimate of drug-likeness (QED) is 0.619. The van der Waals surface area contributed by atoms with E-state index in [1.54, 1.807) is 13.8 Å². The summed E-state index contributed by atoms with van der Waals surface area (Å²) in [7, 11) is 0. The molecule has 0 radical (unpaired) electrons. The summed E-state index contributed by atoms with van der Waals surface area (Å²) in [5.41, 5.74) is 4.55. The van der Waals surface area contributed by atoms with Gasteiger partial charge in [0.1, 0.15) is 0 Å². The Bertz CT molecular complexity index is 289. The Hall–Kier alpha value is -1.10. The Morgan fingerprint density at radius 3 is 2.56 bits per heavy atom. The highest BCUT2D eigenvalue weighted by Crippen LogP contribution is 2.16. The van der Waals surface area contributed by atoms with Gasteiger partial charge in [0, 0.05) is 12.0 Å². The largest absolute Gasteiger partial charge is 0.370 e. The van der Waals surface area contributed by atoms with Gasteiger partial charge in [-0.25, -0.2) is 0 Å². The summed E-state index contributed by atoms with van der Waals surface area (Å²) in [4.78, 5) is 22.8. The number of nitrogens with two attached hydrogens (primary N) is 1. The van der Waals surface area contributed by atoms with Crippen molar-refractivity contribution in [2.45, 2.75) is 45.2 Å². The van der Waals surface area contributed by atoms with Crippen LogP contribution in [0.15, 0.2) is 0 Å². The molecule has 1 saturated heterocycles. The van der Waals surface area contributed by atoms with E-state index in [1.807, 2.05) is 6.92 Å². The van der Waals surface area contributed by atoms with E-state index in [2.05, 4.69) is 10.6 Å². The third-order valence-corrected chi connectivity index (χ3v) is 2.89. The molecule has 4 N–H and O–H groups in total. The van der Waals surface area contributed by atoms with Crippen molar-refractivity contribution >= 4 is 11.8 Å².